The maximum Gasteiger partial charge on any atom is 0.273 e. The molecule has 1 fully saturated rings. The zero-order valence-electron chi connectivity index (χ0n) is 20.9. The second-order valence-corrected chi connectivity index (χ2v) is 11.0. The highest BCUT2D eigenvalue weighted by Gasteiger charge is 2.20. The first-order valence-electron chi connectivity index (χ1n) is 12.1. The van der Waals surface area contributed by atoms with E-state index in [1.54, 1.807) is 31.3 Å². The van der Waals surface area contributed by atoms with E-state index in [4.69, 9.17) is 16.3 Å². The molecule has 1 aliphatic heterocycles. The molecule has 0 radical (unpaired) electrons. The van der Waals surface area contributed by atoms with Crippen LogP contribution in [0.1, 0.15) is 16.8 Å². The predicted molar refractivity (Wildman–Crippen MR) is 143 cm³/mol. The fraction of sp³-hybridized carbons (Fsp3) is 0.360. The van der Waals surface area contributed by atoms with Gasteiger partial charge in [-0.05, 0) is 36.8 Å². The van der Waals surface area contributed by atoms with E-state index in [9.17, 15) is 18.0 Å². The highest BCUT2D eigenvalue weighted by atomic mass is 35.5. The molecule has 2 N–H and O–H groups in total. The largest absolute Gasteiger partial charge is 0.379 e. The fourth-order valence-electron chi connectivity index (χ4n) is 3.99. The molecule has 13 heteroatoms. The highest BCUT2D eigenvalue weighted by molar-refractivity contribution is 7.89. The van der Waals surface area contributed by atoms with Crippen LogP contribution in [-0.2, 0) is 39.1 Å². The van der Waals surface area contributed by atoms with Gasteiger partial charge >= 0.3 is 0 Å². The van der Waals surface area contributed by atoms with Gasteiger partial charge in [0.15, 0.2) is 0 Å². The van der Waals surface area contributed by atoms with Crippen molar-refractivity contribution in [2.45, 2.75) is 31.3 Å². The molecule has 0 aliphatic carbocycles. The molecule has 38 heavy (non-hydrogen) atoms. The summed E-state index contributed by atoms with van der Waals surface area (Å²) in [5.41, 5.74) is 1.48. The second-order valence-electron chi connectivity index (χ2n) is 8.82. The molecule has 1 amide bonds. The Morgan fingerprint density at radius 1 is 1.18 bits per heavy atom. The first-order valence-corrected chi connectivity index (χ1v) is 13.9. The van der Waals surface area contributed by atoms with Gasteiger partial charge in [0.1, 0.15) is 6.54 Å². The van der Waals surface area contributed by atoms with Gasteiger partial charge in [0, 0.05) is 50.2 Å². The number of halogens is 1. The number of benzene rings is 1. The van der Waals surface area contributed by atoms with Crippen molar-refractivity contribution in [1.82, 2.24) is 24.4 Å². The minimum Gasteiger partial charge on any atom is -0.379 e. The standard InChI is InChI=1S/C25H29ClN6O5S/c1-18-5-6-20(14-23(18)38(35,36)29-9-7-19-4-2-3-8-27-19)30-24(33)17-32-25(34)21(22(26)15-28-32)16-31-10-12-37-13-11-31/h2-6,8,14-15,29H,7,9-13,16-17H2,1H3,(H,30,33). The Morgan fingerprint density at radius 2 is 1.97 bits per heavy atom. The lowest BCUT2D eigenvalue weighted by Crippen LogP contribution is -2.39. The molecule has 0 bridgehead atoms. The SMILES string of the molecule is Cc1ccc(NC(=O)Cn2ncc(Cl)c(CN3CCOCC3)c2=O)cc1S(=O)(=O)NCCc1ccccn1. The number of aromatic nitrogens is 3. The number of sulfonamides is 1. The zero-order valence-corrected chi connectivity index (χ0v) is 22.5. The normalized spacial score (nSPS) is 14.4. The third kappa shape index (κ3) is 7.23. The molecule has 0 spiro atoms. The number of nitrogens with one attached hydrogen (secondary N) is 2. The fourth-order valence-corrected chi connectivity index (χ4v) is 5.47. The van der Waals surface area contributed by atoms with Gasteiger partial charge in [-0.2, -0.15) is 5.10 Å². The van der Waals surface area contributed by atoms with Crippen LogP contribution in [0.5, 0.6) is 0 Å². The van der Waals surface area contributed by atoms with Crippen molar-refractivity contribution in [3.05, 3.63) is 81.0 Å². The van der Waals surface area contributed by atoms with Crippen LogP contribution in [0.3, 0.4) is 0 Å². The van der Waals surface area contributed by atoms with Crippen LogP contribution < -0.4 is 15.6 Å². The number of morpholine rings is 1. The predicted octanol–water partition coefficient (Wildman–Crippen LogP) is 1.59. The molecule has 2 aromatic heterocycles. The number of anilines is 1. The summed E-state index contributed by atoms with van der Waals surface area (Å²) in [5, 5.41) is 6.89. The molecule has 0 atom stereocenters. The molecule has 1 saturated heterocycles. The Labute approximate surface area is 225 Å². The molecular weight excluding hydrogens is 532 g/mol. The van der Waals surface area contributed by atoms with Gasteiger partial charge < -0.3 is 10.1 Å². The number of nitrogens with zero attached hydrogens (tertiary/aromatic N) is 4. The van der Waals surface area contributed by atoms with Crippen LogP contribution in [0.25, 0.3) is 0 Å². The van der Waals surface area contributed by atoms with Gasteiger partial charge in [-0.25, -0.2) is 17.8 Å². The smallest absolute Gasteiger partial charge is 0.273 e. The quantitative estimate of drug-likeness (QED) is 0.382. The Balaban J connectivity index is 1.42. The molecule has 1 aromatic carbocycles. The molecule has 3 aromatic rings. The average molecular weight is 561 g/mol. The van der Waals surface area contributed by atoms with E-state index in [1.807, 2.05) is 12.1 Å². The van der Waals surface area contributed by atoms with Crippen molar-refractivity contribution in [3.8, 4) is 0 Å². The van der Waals surface area contributed by atoms with E-state index in [1.165, 1.54) is 12.3 Å². The van der Waals surface area contributed by atoms with Gasteiger partial charge in [0.25, 0.3) is 5.56 Å². The van der Waals surface area contributed by atoms with Crippen molar-refractivity contribution >= 4 is 33.2 Å². The number of hydrogen-bond donors (Lipinski definition) is 2. The summed E-state index contributed by atoms with van der Waals surface area (Å²) in [7, 11) is -3.83. The topological polar surface area (TPSA) is 136 Å². The number of pyridine rings is 1. The average Bonchev–Trinajstić information content (AvgIpc) is 2.90. The number of aryl methyl sites for hydroxylation is 1. The van der Waals surface area contributed by atoms with Crippen molar-refractivity contribution in [2.75, 3.05) is 38.2 Å². The van der Waals surface area contributed by atoms with E-state index in [2.05, 4.69) is 25.0 Å². The van der Waals surface area contributed by atoms with E-state index >= 15 is 0 Å². The maximum absolute atomic E-state index is 13.0. The van der Waals surface area contributed by atoms with E-state index in [-0.39, 0.29) is 28.7 Å². The molecule has 202 valence electrons. The minimum absolute atomic E-state index is 0.0471. The highest BCUT2D eigenvalue weighted by Crippen LogP contribution is 2.20. The molecule has 4 rings (SSSR count). The van der Waals surface area contributed by atoms with Gasteiger partial charge in [-0.15, -0.1) is 0 Å². The molecule has 0 unspecified atom stereocenters. The monoisotopic (exact) mass is 560 g/mol. The lowest BCUT2D eigenvalue weighted by Gasteiger charge is -2.26. The number of amides is 1. The van der Waals surface area contributed by atoms with Crippen LogP contribution >= 0.6 is 11.6 Å². The Kier molecular flexibility index (Phi) is 9.23. The summed E-state index contributed by atoms with van der Waals surface area (Å²) in [6.45, 7) is 4.33. The lowest BCUT2D eigenvalue weighted by molar-refractivity contribution is -0.117. The van der Waals surface area contributed by atoms with E-state index in [0.717, 1.165) is 10.4 Å². The van der Waals surface area contributed by atoms with Crippen LogP contribution in [0, 0.1) is 6.92 Å². The van der Waals surface area contributed by atoms with Gasteiger partial charge in [0.05, 0.1) is 34.9 Å². The molecular formula is C25H29ClN6O5S. The summed E-state index contributed by atoms with van der Waals surface area (Å²) in [4.78, 5) is 32.0. The Morgan fingerprint density at radius 3 is 2.71 bits per heavy atom. The van der Waals surface area contributed by atoms with Gasteiger partial charge in [-0.3, -0.25) is 19.5 Å². The molecule has 1 aliphatic rings. The van der Waals surface area contributed by atoms with Crippen LogP contribution in [0.15, 0.2) is 58.5 Å². The Hall–Kier alpha value is -3.16. The summed E-state index contributed by atoms with van der Waals surface area (Å²) in [5.74, 6) is -0.533. The second kappa shape index (κ2) is 12.6. The molecule has 3 heterocycles. The van der Waals surface area contributed by atoms with Gasteiger partial charge in [0.2, 0.25) is 15.9 Å². The number of hydrogen-bond acceptors (Lipinski definition) is 8. The van der Waals surface area contributed by atoms with Crippen molar-refractivity contribution in [3.63, 3.8) is 0 Å². The summed E-state index contributed by atoms with van der Waals surface area (Å²) >= 11 is 6.23. The third-order valence-electron chi connectivity index (χ3n) is 6.03. The maximum atomic E-state index is 13.0. The number of carbonyl (C=O) groups is 1. The van der Waals surface area contributed by atoms with E-state index < -0.39 is 21.5 Å². The third-order valence-corrected chi connectivity index (χ3v) is 7.96. The van der Waals surface area contributed by atoms with Crippen molar-refractivity contribution < 1.29 is 17.9 Å². The first kappa shape index (κ1) is 27.9. The summed E-state index contributed by atoms with van der Waals surface area (Å²) in [6, 6.07) is 10.0. The summed E-state index contributed by atoms with van der Waals surface area (Å²) < 4.78 is 34.8. The molecule has 0 saturated carbocycles. The van der Waals surface area contributed by atoms with Gasteiger partial charge in [-0.1, -0.05) is 23.7 Å². The number of carbonyl (C=O) groups excluding carboxylic acids is 1. The van der Waals surface area contributed by atoms with Crippen molar-refractivity contribution in [2.24, 2.45) is 0 Å². The summed E-state index contributed by atoms with van der Waals surface area (Å²) in [6.07, 6.45) is 3.43. The first-order chi connectivity index (χ1) is 18.2. The van der Waals surface area contributed by atoms with Crippen molar-refractivity contribution in [1.29, 1.82) is 0 Å². The zero-order chi connectivity index (χ0) is 27.1. The Bertz CT molecular complexity index is 1440. The lowest BCUT2D eigenvalue weighted by atomic mass is 10.2. The number of rotatable bonds is 10. The van der Waals surface area contributed by atoms with Crippen LogP contribution in [-0.4, -0.2) is 66.8 Å². The molecule has 11 nitrogen and oxygen atoms in total. The van der Waals surface area contributed by atoms with Crippen LogP contribution in [0.2, 0.25) is 5.02 Å². The van der Waals surface area contributed by atoms with E-state index in [0.29, 0.717) is 50.4 Å². The number of ether oxygens (including phenoxy) is 1. The minimum atomic E-state index is -3.83. The van der Waals surface area contributed by atoms with Crippen LogP contribution in [0.4, 0.5) is 5.69 Å².